The number of esters is 1. The Morgan fingerprint density at radius 3 is 2.03 bits per heavy atom. The highest BCUT2D eigenvalue weighted by atomic mass is 16.6. The van der Waals surface area contributed by atoms with Gasteiger partial charge in [0.05, 0.1) is 11.4 Å². The first-order valence-electron chi connectivity index (χ1n) is 11.5. The average Bonchev–Trinajstić information content (AvgIpc) is 3.40. The van der Waals surface area contributed by atoms with Gasteiger partial charge in [0.2, 0.25) is 0 Å². The first kappa shape index (κ1) is 25.6. The third-order valence-electron chi connectivity index (χ3n) is 5.03. The van der Waals surface area contributed by atoms with Crippen molar-refractivity contribution in [3.8, 4) is 0 Å². The van der Waals surface area contributed by atoms with Crippen molar-refractivity contribution < 1.29 is 23.9 Å². The predicted octanol–water partition coefficient (Wildman–Crippen LogP) is 5.29. The van der Waals surface area contributed by atoms with Crippen molar-refractivity contribution in [1.82, 2.24) is 9.13 Å². The number of amides is 2. The van der Waals surface area contributed by atoms with Crippen molar-refractivity contribution in [3.05, 3.63) is 71.8 Å². The van der Waals surface area contributed by atoms with E-state index in [4.69, 9.17) is 9.47 Å². The van der Waals surface area contributed by atoms with Gasteiger partial charge < -0.3 is 23.9 Å². The fourth-order valence-electron chi connectivity index (χ4n) is 3.46. The Labute approximate surface area is 205 Å². The summed E-state index contributed by atoms with van der Waals surface area (Å²) < 4.78 is 14.2. The van der Waals surface area contributed by atoms with Crippen molar-refractivity contribution >= 4 is 29.3 Å². The van der Waals surface area contributed by atoms with Crippen molar-refractivity contribution in [2.75, 3.05) is 10.6 Å². The molecule has 3 aromatic rings. The van der Waals surface area contributed by atoms with E-state index in [0.29, 0.717) is 35.9 Å². The molecule has 2 aromatic heterocycles. The van der Waals surface area contributed by atoms with Crippen LogP contribution in [0.5, 0.6) is 0 Å². The second-order valence-electron chi connectivity index (χ2n) is 8.94. The van der Waals surface area contributed by atoms with Crippen LogP contribution in [0.3, 0.4) is 0 Å². The molecule has 0 aliphatic rings. The molecule has 0 aliphatic carbocycles. The molecule has 0 spiro atoms. The minimum Gasteiger partial charge on any atom is -0.456 e. The molecule has 0 aliphatic heterocycles. The number of carbonyl (C=O) groups excluding carboxylic acids is 3. The molecule has 35 heavy (non-hydrogen) atoms. The molecule has 186 valence electrons. The molecule has 0 radical (unpaired) electrons. The Balaban J connectivity index is 1.70. The van der Waals surface area contributed by atoms with Crippen molar-refractivity contribution in [2.45, 2.75) is 59.9 Å². The molecule has 0 saturated heterocycles. The maximum Gasteiger partial charge on any atom is 0.412 e. The lowest BCUT2D eigenvalue weighted by Crippen LogP contribution is -2.27. The number of hydrogen-bond donors (Lipinski definition) is 2. The number of benzene rings is 1. The molecule has 1 aromatic carbocycles. The summed E-state index contributed by atoms with van der Waals surface area (Å²) in [5.74, 6) is -0.849. The summed E-state index contributed by atoms with van der Waals surface area (Å²) in [5, 5.41) is 5.48. The molecule has 2 amide bonds. The smallest absolute Gasteiger partial charge is 0.412 e. The monoisotopic (exact) mass is 480 g/mol. The van der Waals surface area contributed by atoms with Gasteiger partial charge in [0.25, 0.3) is 5.91 Å². The van der Waals surface area contributed by atoms with Crippen LogP contribution < -0.4 is 10.6 Å². The fourth-order valence-corrected chi connectivity index (χ4v) is 3.46. The largest absolute Gasteiger partial charge is 0.456 e. The maximum absolute atomic E-state index is 13.0. The minimum absolute atomic E-state index is 0.160. The number of nitrogens with zero attached hydrogens (tertiary/aromatic N) is 2. The summed E-state index contributed by atoms with van der Waals surface area (Å²) in [7, 11) is 0. The number of rotatable bonds is 8. The third-order valence-corrected chi connectivity index (χ3v) is 5.03. The molecule has 0 fully saturated rings. The summed E-state index contributed by atoms with van der Waals surface area (Å²) in [6.07, 6.45) is 2.76. The lowest BCUT2D eigenvalue weighted by atomic mass is 10.2. The summed E-state index contributed by atoms with van der Waals surface area (Å²) in [4.78, 5) is 37.8. The second-order valence-corrected chi connectivity index (χ2v) is 8.94. The molecule has 0 unspecified atom stereocenters. The Morgan fingerprint density at radius 2 is 1.43 bits per heavy atom. The quantitative estimate of drug-likeness (QED) is 0.427. The number of hydrogen-bond acceptors (Lipinski definition) is 5. The Hall–Kier alpha value is -4.01. The lowest BCUT2D eigenvalue weighted by molar-refractivity contribution is 0.0459. The summed E-state index contributed by atoms with van der Waals surface area (Å²) >= 11 is 0. The normalized spacial score (nSPS) is 11.1. The molecule has 0 saturated carbocycles. The number of anilines is 2. The SMILES string of the molecule is CCn1cc(NC(=O)OC(C)(C)C)cc1C(=O)Nc1cc(C(=O)OCc2ccccc2)n(CC)c1. The van der Waals surface area contributed by atoms with E-state index in [0.717, 1.165) is 5.56 Å². The Bertz CT molecular complexity index is 1190. The van der Waals surface area contributed by atoms with E-state index < -0.39 is 17.7 Å². The van der Waals surface area contributed by atoms with Gasteiger partial charge in [-0.2, -0.15) is 0 Å². The highest BCUT2D eigenvalue weighted by Crippen LogP contribution is 2.20. The molecule has 2 heterocycles. The van der Waals surface area contributed by atoms with Crippen LogP contribution in [-0.4, -0.2) is 32.7 Å². The molecule has 0 atom stereocenters. The van der Waals surface area contributed by atoms with E-state index in [9.17, 15) is 14.4 Å². The summed E-state index contributed by atoms with van der Waals surface area (Å²) in [6.45, 7) is 10.3. The van der Waals surface area contributed by atoms with E-state index in [1.807, 2.05) is 44.2 Å². The van der Waals surface area contributed by atoms with Crippen molar-refractivity contribution in [1.29, 1.82) is 0 Å². The van der Waals surface area contributed by atoms with Crippen LogP contribution in [0.1, 0.15) is 61.2 Å². The van der Waals surface area contributed by atoms with Gasteiger partial charge in [0, 0.05) is 25.5 Å². The van der Waals surface area contributed by atoms with Gasteiger partial charge in [-0.15, -0.1) is 0 Å². The zero-order valence-corrected chi connectivity index (χ0v) is 20.8. The van der Waals surface area contributed by atoms with Gasteiger partial charge in [0.1, 0.15) is 23.6 Å². The lowest BCUT2D eigenvalue weighted by Gasteiger charge is -2.19. The van der Waals surface area contributed by atoms with Crippen molar-refractivity contribution in [3.63, 3.8) is 0 Å². The number of aryl methyl sites for hydroxylation is 2. The fraction of sp³-hybridized carbons (Fsp3) is 0.346. The first-order chi connectivity index (χ1) is 16.6. The summed E-state index contributed by atoms with van der Waals surface area (Å²) in [5.41, 5.74) is 1.87. The van der Waals surface area contributed by atoms with Gasteiger partial charge in [-0.05, 0) is 52.3 Å². The molecule has 0 bridgehead atoms. The van der Waals surface area contributed by atoms with Crippen LogP contribution in [0, 0.1) is 0 Å². The number of aromatic nitrogens is 2. The van der Waals surface area contributed by atoms with Gasteiger partial charge >= 0.3 is 12.1 Å². The summed E-state index contributed by atoms with van der Waals surface area (Å²) in [6, 6.07) is 12.6. The highest BCUT2D eigenvalue weighted by Gasteiger charge is 2.20. The van der Waals surface area contributed by atoms with Crippen LogP contribution in [0.25, 0.3) is 0 Å². The number of carbonyl (C=O) groups is 3. The van der Waals surface area contributed by atoms with Crippen LogP contribution in [0.4, 0.5) is 16.2 Å². The first-order valence-corrected chi connectivity index (χ1v) is 11.5. The van der Waals surface area contributed by atoms with Crippen LogP contribution in [0.2, 0.25) is 0 Å². The Kier molecular flexibility index (Phi) is 8.01. The molecular weight excluding hydrogens is 448 g/mol. The minimum atomic E-state index is -0.635. The highest BCUT2D eigenvalue weighted by molar-refractivity contribution is 6.05. The van der Waals surface area contributed by atoms with Gasteiger partial charge in [0.15, 0.2) is 0 Å². The van der Waals surface area contributed by atoms with Crippen LogP contribution in [-0.2, 0) is 29.2 Å². The van der Waals surface area contributed by atoms with Gasteiger partial charge in [-0.3, -0.25) is 10.1 Å². The zero-order chi connectivity index (χ0) is 25.6. The van der Waals surface area contributed by atoms with E-state index in [2.05, 4.69) is 10.6 Å². The van der Waals surface area contributed by atoms with Crippen LogP contribution in [0.15, 0.2) is 54.9 Å². The zero-order valence-electron chi connectivity index (χ0n) is 20.8. The molecule has 3 rings (SSSR count). The average molecular weight is 481 g/mol. The van der Waals surface area contributed by atoms with Crippen LogP contribution >= 0.6 is 0 Å². The topological polar surface area (TPSA) is 104 Å². The third kappa shape index (κ3) is 6.99. The molecular formula is C26H32N4O5. The molecule has 9 heteroatoms. The standard InChI is InChI=1S/C26H32N4O5/c1-6-29-16-20(28-25(33)35-26(3,4)5)13-21(29)23(31)27-19-14-22(30(7-2)15-19)24(32)34-17-18-11-9-8-10-12-18/h8-16H,6-7,17H2,1-5H3,(H,27,31)(H,28,33). The van der Waals surface area contributed by atoms with E-state index in [1.54, 1.807) is 54.4 Å². The predicted molar refractivity (Wildman–Crippen MR) is 134 cm³/mol. The second kappa shape index (κ2) is 10.9. The molecule has 9 nitrogen and oxygen atoms in total. The van der Waals surface area contributed by atoms with E-state index in [1.165, 1.54) is 0 Å². The van der Waals surface area contributed by atoms with E-state index in [-0.39, 0.29) is 12.5 Å². The van der Waals surface area contributed by atoms with Gasteiger partial charge in [-0.1, -0.05) is 30.3 Å². The molecule has 2 N–H and O–H groups in total. The van der Waals surface area contributed by atoms with Crippen molar-refractivity contribution in [2.24, 2.45) is 0 Å². The number of ether oxygens (including phenoxy) is 2. The number of nitrogens with one attached hydrogen (secondary N) is 2. The van der Waals surface area contributed by atoms with E-state index >= 15 is 0 Å². The maximum atomic E-state index is 13.0. The Morgan fingerprint density at radius 1 is 0.857 bits per heavy atom. The van der Waals surface area contributed by atoms with Gasteiger partial charge in [-0.25, -0.2) is 9.59 Å².